The van der Waals surface area contributed by atoms with Crippen LogP contribution in [0.5, 0.6) is 0 Å². The van der Waals surface area contributed by atoms with Crippen LogP contribution in [-0.2, 0) is 6.42 Å². The number of fused-ring (bicyclic) bond motifs is 1. The van der Waals surface area contributed by atoms with E-state index in [1.54, 1.807) is 0 Å². The molecule has 0 bridgehead atoms. The van der Waals surface area contributed by atoms with Crippen LogP contribution in [0.25, 0.3) is 0 Å². The average molecular weight is 294 g/mol. The molecule has 1 heterocycles. The van der Waals surface area contributed by atoms with Crippen molar-refractivity contribution in [3.8, 4) is 0 Å². The van der Waals surface area contributed by atoms with E-state index >= 15 is 0 Å². The lowest BCUT2D eigenvalue weighted by Crippen LogP contribution is -2.42. The maximum Gasteiger partial charge on any atom is 0.258 e. The molecule has 1 atom stereocenters. The van der Waals surface area contributed by atoms with Crippen molar-refractivity contribution >= 4 is 17.3 Å². The predicted octanol–water partition coefficient (Wildman–Crippen LogP) is 3.73. The minimum absolute atomic E-state index is 0.0864. The summed E-state index contributed by atoms with van der Waals surface area (Å²) in [4.78, 5) is 17.0. The molecule has 1 amide bonds. The number of para-hydroxylation sites is 1. The molecule has 0 N–H and O–H groups in total. The highest BCUT2D eigenvalue weighted by Crippen LogP contribution is 2.32. The van der Waals surface area contributed by atoms with Gasteiger partial charge in [-0.3, -0.25) is 4.79 Å². The number of amides is 1. The Balaban J connectivity index is 2.00. The van der Waals surface area contributed by atoms with Gasteiger partial charge in [0, 0.05) is 37.1 Å². The number of anilines is 2. The molecule has 1 aliphatic heterocycles. The standard InChI is InChI=1S/C19H22N2O/c1-14-11-12-15-7-4-5-10-18(15)21(14)19(22)16-8-6-9-17(13-16)20(2)3/h4-10,13-14H,11-12H2,1-3H3. The number of rotatable bonds is 2. The van der Waals surface area contributed by atoms with Crippen molar-refractivity contribution in [2.24, 2.45) is 0 Å². The minimum Gasteiger partial charge on any atom is -0.378 e. The van der Waals surface area contributed by atoms with Gasteiger partial charge in [-0.1, -0.05) is 24.3 Å². The quantitative estimate of drug-likeness (QED) is 0.842. The number of benzene rings is 2. The third kappa shape index (κ3) is 2.59. The summed E-state index contributed by atoms with van der Waals surface area (Å²) in [5.74, 6) is 0.0864. The van der Waals surface area contributed by atoms with Gasteiger partial charge in [-0.05, 0) is 49.6 Å². The van der Waals surface area contributed by atoms with Crippen LogP contribution in [0.2, 0.25) is 0 Å². The number of carbonyl (C=O) groups is 1. The van der Waals surface area contributed by atoms with Gasteiger partial charge in [-0.2, -0.15) is 0 Å². The maximum atomic E-state index is 13.1. The highest BCUT2D eigenvalue weighted by atomic mass is 16.2. The number of carbonyl (C=O) groups excluding carboxylic acids is 1. The monoisotopic (exact) mass is 294 g/mol. The van der Waals surface area contributed by atoms with Gasteiger partial charge in [0.05, 0.1) is 0 Å². The fourth-order valence-electron chi connectivity index (χ4n) is 3.05. The van der Waals surface area contributed by atoms with Gasteiger partial charge >= 0.3 is 0 Å². The van der Waals surface area contributed by atoms with Gasteiger partial charge in [-0.25, -0.2) is 0 Å². The van der Waals surface area contributed by atoms with E-state index in [0.717, 1.165) is 29.8 Å². The highest BCUT2D eigenvalue weighted by Gasteiger charge is 2.28. The first-order valence-electron chi connectivity index (χ1n) is 7.77. The third-order valence-electron chi connectivity index (χ3n) is 4.35. The summed E-state index contributed by atoms with van der Waals surface area (Å²) in [6, 6.07) is 16.3. The lowest BCUT2D eigenvalue weighted by Gasteiger charge is -2.35. The Morgan fingerprint density at radius 3 is 2.68 bits per heavy atom. The zero-order valence-electron chi connectivity index (χ0n) is 13.4. The molecule has 2 aromatic rings. The molecular weight excluding hydrogens is 272 g/mol. The molecule has 1 unspecified atom stereocenters. The molecule has 114 valence electrons. The van der Waals surface area contributed by atoms with Crippen molar-refractivity contribution < 1.29 is 4.79 Å². The van der Waals surface area contributed by atoms with E-state index in [2.05, 4.69) is 19.1 Å². The van der Waals surface area contributed by atoms with Gasteiger partial charge in [0.1, 0.15) is 0 Å². The van der Waals surface area contributed by atoms with Gasteiger partial charge in [0.15, 0.2) is 0 Å². The van der Waals surface area contributed by atoms with Gasteiger partial charge in [0.25, 0.3) is 5.91 Å². The Hall–Kier alpha value is -2.29. The molecule has 0 fully saturated rings. The first-order chi connectivity index (χ1) is 10.6. The molecule has 0 radical (unpaired) electrons. The summed E-state index contributed by atoms with van der Waals surface area (Å²) in [6.07, 6.45) is 2.05. The molecular formula is C19H22N2O. The number of hydrogen-bond acceptors (Lipinski definition) is 2. The summed E-state index contributed by atoms with van der Waals surface area (Å²) in [7, 11) is 3.98. The van der Waals surface area contributed by atoms with Crippen LogP contribution >= 0.6 is 0 Å². The van der Waals surface area contributed by atoms with Gasteiger partial charge < -0.3 is 9.80 Å². The third-order valence-corrected chi connectivity index (χ3v) is 4.35. The summed E-state index contributed by atoms with van der Waals surface area (Å²) in [5.41, 5.74) is 4.11. The van der Waals surface area contributed by atoms with Crippen molar-refractivity contribution in [2.45, 2.75) is 25.8 Å². The van der Waals surface area contributed by atoms with Gasteiger partial charge in [-0.15, -0.1) is 0 Å². The van der Waals surface area contributed by atoms with Crippen LogP contribution in [0.3, 0.4) is 0 Å². The maximum absolute atomic E-state index is 13.1. The summed E-state index contributed by atoms with van der Waals surface area (Å²) >= 11 is 0. The smallest absolute Gasteiger partial charge is 0.258 e. The molecule has 22 heavy (non-hydrogen) atoms. The van der Waals surface area contributed by atoms with E-state index in [1.807, 2.05) is 60.3 Å². The molecule has 3 nitrogen and oxygen atoms in total. The molecule has 3 heteroatoms. The second kappa shape index (κ2) is 5.84. The van der Waals surface area contributed by atoms with Crippen molar-refractivity contribution in [3.05, 3.63) is 59.7 Å². The fraction of sp³-hybridized carbons (Fsp3) is 0.316. The Labute approximate surface area is 132 Å². The zero-order chi connectivity index (χ0) is 15.7. The van der Waals surface area contributed by atoms with Crippen molar-refractivity contribution in [2.75, 3.05) is 23.9 Å². The Morgan fingerprint density at radius 2 is 1.91 bits per heavy atom. The molecule has 1 aliphatic rings. The molecule has 0 aromatic heterocycles. The minimum atomic E-state index is 0.0864. The van der Waals surface area contributed by atoms with Crippen LogP contribution in [0.15, 0.2) is 48.5 Å². The molecule has 0 saturated heterocycles. The van der Waals surface area contributed by atoms with E-state index in [1.165, 1.54) is 5.56 Å². The molecule has 0 aliphatic carbocycles. The highest BCUT2D eigenvalue weighted by molar-refractivity contribution is 6.07. The number of aryl methyl sites for hydroxylation is 1. The first kappa shape index (κ1) is 14.6. The van der Waals surface area contributed by atoms with Crippen LogP contribution in [0, 0.1) is 0 Å². The normalized spacial score (nSPS) is 17.0. The number of nitrogens with zero attached hydrogens (tertiary/aromatic N) is 2. The van der Waals surface area contributed by atoms with Crippen molar-refractivity contribution in [3.63, 3.8) is 0 Å². The van der Waals surface area contributed by atoms with Crippen molar-refractivity contribution in [1.82, 2.24) is 0 Å². The molecule has 2 aromatic carbocycles. The second-order valence-electron chi connectivity index (χ2n) is 6.14. The van der Waals surface area contributed by atoms with E-state index < -0.39 is 0 Å². The molecule has 0 saturated carbocycles. The zero-order valence-corrected chi connectivity index (χ0v) is 13.4. The topological polar surface area (TPSA) is 23.6 Å². The lowest BCUT2D eigenvalue weighted by atomic mass is 9.95. The lowest BCUT2D eigenvalue weighted by molar-refractivity contribution is 0.0975. The SMILES string of the molecule is CC1CCc2ccccc2N1C(=O)c1cccc(N(C)C)c1. The van der Waals surface area contributed by atoms with E-state index in [-0.39, 0.29) is 11.9 Å². The van der Waals surface area contributed by atoms with E-state index in [4.69, 9.17) is 0 Å². The number of hydrogen-bond donors (Lipinski definition) is 0. The van der Waals surface area contributed by atoms with Crippen molar-refractivity contribution in [1.29, 1.82) is 0 Å². The van der Waals surface area contributed by atoms with Crippen LogP contribution < -0.4 is 9.80 Å². The average Bonchev–Trinajstić information content (AvgIpc) is 2.54. The van der Waals surface area contributed by atoms with E-state index in [0.29, 0.717) is 0 Å². The summed E-state index contributed by atoms with van der Waals surface area (Å²) < 4.78 is 0. The van der Waals surface area contributed by atoms with E-state index in [9.17, 15) is 4.79 Å². The van der Waals surface area contributed by atoms with Crippen LogP contribution in [0.4, 0.5) is 11.4 Å². The van der Waals surface area contributed by atoms with Gasteiger partial charge in [0.2, 0.25) is 0 Å². The largest absolute Gasteiger partial charge is 0.378 e. The fourth-order valence-corrected chi connectivity index (χ4v) is 3.05. The second-order valence-corrected chi connectivity index (χ2v) is 6.14. The first-order valence-corrected chi connectivity index (χ1v) is 7.77. The van der Waals surface area contributed by atoms with Crippen LogP contribution in [0.1, 0.15) is 29.3 Å². The Morgan fingerprint density at radius 1 is 1.14 bits per heavy atom. The molecule has 3 rings (SSSR count). The summed E-state index contributed by atoms with van der Waals surface area (Å²) in [5, 5.41) is 0. The predicted molar refractivity (Wildman–Crippen MR) is 91.8 cm³/mol. The molecule has 0 spiro atoms. The Kier molecular flexibility index (Phi) is 3.88. The summed E-state index contributed by atoms with van der Waals surface area (Å²) in [6.45, 7) is 2.13. The Bertz CT molecular complexity index is 693. The van der Waals surface area contributed by atoms with Crippen LogP contribution in [-0.4, -0.2) is 26.0 Å².